The van der Waals surface area contributed by atoms with E-state index in [2.05, 4.69) is 5.32 Å². The molecule has 0 spiro atoms. The lowest BCUT2D eigenvalue weighted by Gasteiger charge is -2.14. The maximum absolute atomic E-state index is 12.6. The summed E-state index contributed by atoms with van der Waals surface area (Å²) >= 11 is 5.89. The van der Waals surface area contributed by atoms with Crippen LogP contribution in [0.15, 0.2) is 66.7 Å². The number of hydrogen-bond donors (Lipinski definition) is 1. The van der Waals surface area contributed by atoms with E-state index in [0.717, 1.165) is 10.5 Å². The molecular weight excluding hydrogens is 432 g/mol. The molecule has 1 aliphatic rings. The minimum absolute atomic E-state index is 0.181. The van der Waals surface area contributed by atoms with Gasteiger partial charge in [-0.3, -0.25) is 14.4 Å². The van der Waals surface area contributed by atoms with Gasteiger partial charge in [0.2, 0.25) is 0 Å². The van der Waals surface area contributed by atoms with E-state index in [0.29, 0.717) is 27.5 Å². The van der Waals surface area contributed by atoms with Crippen LogP contribution in [0, 0.1) is 6.92 Å². The minimum Gasteiger partial charge on any atom is -0.452 e. The number of carbonyl (C=O) groups is 4. The average Bonchev–Trinajstić information content (AvgIpc) is 3.04. The van der Waals surface area contributed by atoms with Gasteiger partial charge in [-0.25, -0.2) is 9.69 Å². The Kier molecular flexibility index (Phi) is 5.75. The zero-order chi connectivity index (χ0) is 22.8. The lowest BCUT2D eigenvalue weighted by Crippen LogP contribution is -2.29. The molecule has 8 heteroatoms. The van der Waals surface area contributed by atoms with E-state index in [1.54, 1.807) is 49.4 Å². The van der Waals surface area contributed by atoms with Crippen LogP contribution >= 0.6 is 11.6 Å². The largest absolute Gasteiger partial charge is 0.452 e. The summed E-state index contributed by atoms with van der Waals surface area (Å²) in [6.07, 6.45) is 0. The molecule has 1 N–H and O–H groups in total. The average molecular weight is 449 g/mol. The number of hydrogen-bond acceptors (Lipinski definition) is 5. The number of fused-ring (bicyclic) bond motifs is 1. The fourth-order valence-electron chi connectivity index (χ4n) is 3.34. The van der Waals surface area contributed by atoms with Gasteiger partial charge in [-0.1, -0.05) is 23.7 Å². The molecule has 3 aromatic carbocycles. The van der Waals surface area contributed by atoms with Crippen molar-refractivity contribution in [2.24, 2.45) is 0 Å². The zero-order valence-corrected chi connectivity index (χ0v) is 17.7. The zero-order valence-electron chi connectivity index (χ0n) is 16.9. The lowest BCUT2D eigenvalue weighted by molar-refractivity contribution is -0.119. The molecule has 0 aliphatic carbocycles. The first kappa shape index (κ1) is 21.3. The van der Waals surface area contributed by atoms with Crippen LogP contribution in [0.2, 0.25) is 5.02 Å². The number of esters is 1. The van der Waals surface area contributed by atoms with E-state index in [1.165, 1.54) is 24.3 Å². The molecule has 7 nitrogen and oxygen atoms in total. The van der Waals surface area contributed by atoms with E-state index in [4.69, 9.17) is 16.3 Å². The third kappa shape index (κ3) is 4.10. The van der Waals surface area contributed by atoms with Crippen molar-refractivity contribution >= 4 is 46.7 Å². The maximum atomic E-state index is 12.6. The monoisotopic (exact) mass is 448 g/mol. The Morgan fingerprint density at radius 2 is 1.56 bits per heavy atom. The second-order valence-electron chi connectivity index (χ2n) is 7.12. The van der Waals surface area contributed by atoms with Gasteiger partial charge in [0.1, 0.15) is 0 Å². The Morgan fingerprint density at radius 3 is 2.16 bits per heavy atom. The fraction of sp³-hybridized carbons (Fsp3) is 0.0833. The summed E-state index contributed by atoms with van der Waals surface area (Å²) in [4.78, 5) is 50.5. The highest BCUT2D eigenvalue weighted by Gasteiger charge is 2.36. The van der Waals surface area contributed by atoms with Gasteiger partial charge in [0.05, 0.1) is 22.4 Å². The van der Waals surface area contributed by atoms with Crippen molar-refractivity contribution in [3.05, 3.63) is 94.0 Å². The molecule has 0 saturated heterocycles. The first-order valence-corrected chi connectivity index (χ1v) is 10.0. The van der Waals surface area contributed by atoms with E-state index in [-0.39, 0.29) is 5.56 Å². The van der Waals surface area contributed by atoms with Crippen molar-refractivity contribution in [3.8, 4) is 0 Å². The van der Waals surface area contributed by atoms with Crippen LogP contribution in [-0.4, -0.2) is 30.3 Å². The molecule has 0 saturated carbocycles. The third-order valence-corrected chi connectivity index (χ3v) is 5.19. The number of amides is 3. The van der Waals surface area contributed by atoms with Gasteiger partial charge in [-0.15, -0.1) is 0 Å². The van der Waals surface area contributed by atoms with Crippen molar-refractivity contribution < 1.29 is 23.9 Å². The number of nitrogens with zero attached hydrogens (tertiary/aromatic N) is 1. The third-order valence-electron chi connectivity index (χ3n) is 4.95. The number of halogens is 1. The van der Waals surface area contributed by atoms with Gasteiger partial charge in [0, 0.05) is 10.7 Å². The quantitative estimate of drug-likeness (QED) is 0.465. The predicted octanol–water partition coefficient (Wildman–Crippen LogP) is 4.24. The molecule has 0 radical (unpaired) electrons. The Hall–Kier alpha value is -3.97. The van der Waals surface area contributed by atoms with Crippen molar-refractivity contribution in [1.82, 2.24) is 0 Å². The fourth-order valence-corrected chi connectivity index (χ4v) is 3.57. The number of imide groups is 1. The topological polar surface area (TPSA) is 92.8 Å². The first-order chi connectivity index (χ1) is 15.3. The number of ether oxygens (including phenoxy) is 1. The highest BCUT2D eigenvalue weighted by Crippen LogP contribution is 2.28. The van der Waals surface area contributed by atoms with Crippen LogP contribution in [0.5, 0.6) is 0 Å². The van der Waals surface area contributed by atoms with E-state index < -0.39 is 30.3 Å². The van der Waals surface area contributed by atoms with Crippen molar-refractivity contribution in [3.63, 3.8) is 0 Å². The van der Waals surface area contributed by atoms with Crippen molar-refractivity contribution in [2.75, 3.05) is 16.8 Å². The Balaban J connectivity index is 1.38. The van der Waals surface area contributed by atoms with Crippen molar-refractivity contribution in [1.29, 1.82) is 0 Å². The number of benzene rings is 3. The van der Waals surface area contributed by atoms with Crippen LogP contribution in [0.25, 0.3) is 0 Å². The molecule has 0 aromatic heterocycles. The lowest BCUT2D eigenvalue weighted by atomic mass is 10.1. The van der Waals surface area contributed by atoms with E-state index in [1.807, 2.05) is 0 Å². The summed E-state index contributed by atoms with van der Waals surface area (Å²) < 4.78 is 5.06. The molecule has 0 unspecified atom stereocenters. The molecular formula is C24H17ClN2O5. The van der Waals surface area contributed by atoms with Gasteiger partial charge in [0.25, 0.3) is 17.7 Å². The molecule has 4 rings (SSSR count). The standard InChI is InChI=1S/C24H17ClN2O5/c1-14-12-16(25)8-11-20(14)26-21(28)13-32-24(31)15-6-9-17(10-7-15)27-22(29)18-4-2-3-5-19(18)23(27)30/h2-12H,13H2,1H3,(H,26,28). The van der Waals surface area contributed by atoms with Crippen LogP contribution in [-0.2, 0) is 9.53 Å². The second kappa shape index (κ2) is 8.64. The SMILES string of the molecule is Cc1cc(Cl)ccc1NC(=O)COC(=O)c1ccc(N2C(=O)c3ccccc3C2=O)cc1. The van der Waals surface area contributed by atoms with Gasteiger partial charge >= 0.3 is 5.97 Å². The van der Waals surface area contributed by atoms with E-state index in [9.17, 15) is 19.2 Å². The second-order valence-corrected chi connectivity index (χ2v) is 7.56. The number of aryl methyl sites for hydroxylation is 1. The predicted molar refractivity (Wildman–Crippen MR) is 119 cm³/mol. The number of carbonyl (C=O) groups excluding carboxylic acids is 4. The number of anilines is 2. The normalized spacial score (nSPS) is 12.5. The minimum atomic E-state index is -0.707. The number of nitrogens with one attached hydrogen (secondary N) is 1. The summed E-state index contributed by atoms with van der Waals surface area (Å²) in [6.45, 7) is 1.32. The van der Waals surface area contributed by atoms with Crippen LogP contribution in [0.3, 0.4) is 0 Å². The molecule has 1 aliphatic heterocycles. The van der Waals surface area contributed by atoms with Gasteiger partial charge in [-0.05, 0) is 67.1 Å². The smallest absolute Gasteiger partial charge is 0.338 e. The van der Waals surface area contributed by atoms with Gasteiger partial charge in [0.15, 0.2) is 6.61 Å². The molecule has 3 aromatic rings. The van der Waals surface area contributed by atoms with Crippen LogP contribution in [0.1, 0.15) is 36.6 Å². The summed E-state index contributed by atoms with van der Waals surface area (Å²) in [6, 6.07) is 17.4. The molecule has 3 amide bonds. The highest BCUT2D eigenvalue weighted by atomic mass is 35.5. The molecule has 0 atom stereocenters. The van der Waals surface area contributed by atoms with Crippen LogP contribution < -0.4 is 10.2 Å². The Morgan fingerprint density at radius 1 is 0.938 bits per heavy atom. The summed E-state index contributed by atoms with van der Waals surface area (Å²) in [5, 5.41) is 3.20. The summed E-state index contributed by atoms with van der Waals surface area (Å²) in [5.74, 6) is -2.04. The maximum Gasteiger partial charge on any atom is 0.338 e. The molecule has 32 heavy (non-hydrogen) atoms. The molecule has 0 bridgehead atoms. The molecule has 0 fully saturated rings. The molecule has 1 heterocycles. The molecule has 160 valence electrons. The van der Waals surface area contributed by atoms with Crippen LogP contribution in [0.4, 0.5) is 11.4 Å². The van der Waals surface area contributed by atoms with Crippen molar-refractivity contribution in [2.45, 2.75) is 6.92 Å². The Bertz CT molecular complexity index is 1220. The van der Waals surface area contributed by atoms with Gasteiger partial charge < -0.3 is 10.1 Å². The summed E-state index contributed by atoms with van der Waals surface area (Å²) in [7, 11) is 0. The highest BCUT2D eigenvalue weighted by molar-refractivity contribution is 6.34. The summed E-state index contributed by atoms with van der Waals surface area (Å²) in [5.41, 5.74) is 2.54. The van der Waals surface area contributed by atoms with Gasteiger partial charge in [-0.2, -0.15) is 0 Å². The Labute approximate surface area is 188 Å². The first-order valence-electron chi connectivity index (χ1n) is 9.66. The van der Waals surface area contributed by atoms with E-state index >= 15 is 0 Å². The number of rotatable bonds is 5.